The van der Waals surface area contributed by atoms with Gasteiger partial charge in [-0.2, -0.15) is 0 Å². The predicted molar refractivity (Wildman–Crippen MR) is 138 cm³/mol. The number of nitrogens with one attached hydrogen (secondary N) is 1. The number of amides is 1. The Kier molecular flexibility index (Phi) is 7.34. The van der Waals surface area contributed by atoms with E-state index in [2.05, 4.69) is 16.1 Å². The molecular weight excluding hydrogens is 467 g/mol. The van der Waals surface area contributed by atoms with Gasteiger partial charge in [0.05, 0.1) is 21.8 Å². The third-order valence-electron chi connectivity index (χ3n) is 6.21. The zero-order chi connectivity index (χ0) is 25.2. The Morgan fingerprint density at radius 3 is 2.40 bits per heavy atom. The highest BCUT2D eigenvalue weighted by Gasteiger charge is 2.26. The van der Waals surface area contributed by atoms with Crippen LogP contribution in [0.5, 0.6) is 0 Å². The summed E-state index contributed by atoms with van der Waals surface area (Å²) < 4.78 is 28.5. The maximum absolute atomic E-state index is 13.3. The third-order valence-corrected chi connectivity index (χ3v) is 8.42. The Morgan fingerprint density at radius 2 is 1.77 bits per heavy atom. The highest BCUT2D eigenvalue weighted by Crippen LogP contribution is 2.24. The highest BCUT2D eigenvalue weighted by atomic mass is 32.2. The molecule has 8 nitrogen and oxygen atoms in total. The zero-order valence-electron chi connectivity index (χ0n) is 20.0. The van der Waals surface area contributed by atoms with Gasteiger partial charge in [0.15, 0.2) is 0 Å². The number of carbonyl (C=O) groups excluding carboxylic acids is 1. The molecule has 186 valence electrons. The van der Waals surface area contributed by atoms with Crippen LogP contribution in [0.1, 0.15) is 19.7 Å². The van der Waals surface area contributed by atoms with Crippen molar-refractivity contribution in [1.29, 1.82) is 0 Å². The fraction of sp³-hybridized carbons (Fsp3) is 0.360. The van der Waals surface area contributed by atoms with E-state index in [1.165, 1.54) is 24.3 Å². The normalized spacial score (nSPS) is 17.8. The van der Waals surface area contributed by atoms with Gasteiger partial charge < -0.3 is 11.1 Å². The Bertz CT molecular complexity index is 1310. The Morgan fingerprint density at radius 1 is 1.11 bits per heavy atom. The molecule has 0 aliphatic carbocycles. The summed E-state index contributed by atoms with van der Waals surface area (Å²) in [6.07, 6.45) is 0. The van der Waals surface area contributed by atoms with E-state index >= 15 is 0 Å². The molecule has 3 N–H and O–H groups in total. The molecule has 2 heterocycles. The molecule has 35 heavy (non-hydrogen) atoms. The Labute approximate surface area is 205 Å². The second-order valence-electron chi connectivity index (χ2n) is 9.07. The van der Waals surface area contributed by atoms with Crippen LogP contribution in [0.25, 0.3) is 10.9 Å². The summed E-state index contributed by atoms with van der Waals surface area (Å²) >= 11 is 0. The summed E-state index contributed by atoms with van der Waals surface area (Å²) in [5.74, 6) is 4.35. The van der Waals surface area contributed by atoms with E-state index in [0.717, 1.165) is 10.9 Å². The number of halogens is 1. The van der Waals surface area contributed by atoms with Crippen molar-refractivity contribution >= 4 is 38.2 Å². The smallest absolute Gasteiger partial charge is 0.240 e. The van der Waals surface area contributed by atoms with E-state index in [0.29, 0.717) is 49.3 Å². The van der Waals surface area contributed by atoms with E-state index < -0.39 is 21.7 Å². The number of nitrogens with zero attached hydrogens (tertiary/aromatic N) is 4. The molecule has 1 amide bonds. The predicted octanol–water partition coefficient (Wildman–Crippen LogP) is 2.50. The van der Waals surface area contributed by atoms with Crippen molar-refractivity contribution in [3.05, 3.63) is 60.2 Å². The number of aromatic nitrogens is 2. The average molecular weight is 499 g/mol. The van der Waals surface area contributed by atoms with E-state index in [-0.39, 0.29) is 11.7 Å². The van der Waals surface area contributed by atoms with Crippen molar-refractivity contribution in [2.24, 2.45) is 11.7 Å². The number of hydrogen-bond acceptors (Lipinski definition) is 6. The number of primary amides is 1. The van der Waals surface area contributed by atoms with E-state index in [1.807, 2.05) is 42.4 Å². The Balaban J connectivity index is 1.49. The molecule has 3 aromatic rings. The first-order valence-corrected chi connectivity index (χ1v) is 13.3. The second kappa shape index (κ2) is 10.3. The SMILES string of the molecule is C=S(=O)(c1ccc(F)cc1)N1CCN(Cc2nc(N[C@H](C(N)=O)C(C)C)c3ccccc3n2)CC1. The van der Waals surface area contributed by atoms with E-state index in [4.69, 9.17) is 15.7 Å². The number of rotatable bonds is 8. The molecule has 4 rings (SSSR count). The Hall–Kier alpha value is -3.08. The van der Waals surface area contributed by atoms with Gasteiger partial charge in [-0.05, 0) is 48.2 Å². The molecule has 2 atom stereocenters. The lowest BCUT2D eigenvalue weighted by atomic mass is 10.0. The first kappa shape index (κ1) is 25.0. The monoisotopic (exact) mass is 498 g/mol. The summed E-state index contributed by atoms with van der Waals surface area (Å²) in [4.78, 5) is 24.1. The fourth-order valence-electron chi connectivity index (χ4n) is 4.20. The van der Waals surface area contributed by atoms with E-state index in [1.54, 1.807) is 0 Å². The van der Waals surface area contributed by atoms with Gasteiger partial charge in [-0.1, -0.05) is 26.0 Å². The van der Waals surface area contributed by atoms with Crippen LogP contribution in [0.4, 0.5) is 10.2 Å². The minimum Gasteiger partial charge on any atom is -0.368 e. The van der Waals surface area contributed by atoms with Crippen LogP contribution in [0.3, 0.4) is 0 Å². The quantitative estimate of drug-likeness (QED) is 0.463. The summed E-state index contributed by atoms with van der Waals surface area (Å²) in [7, 11) is -2.69. The van der Waals surface area contributed by atoms with Crippen LogP contribution in [-0.4, -0.2) is 67.4 Å². The van der Waals surface area contributed by atoms with Crippen molar-refractivity contribution in [1.82, 2.24) is 19.2 Å². The van der Waals surface area contributed by atoms with Crippen molar-refractivity contribution in [3.63, 3.8) is 0 Å². The molecule has 2 aromatic carbocycles. The number of para-hydroxylation sites is 1. The first-order valence-electron chi connectivity index (χ1n) is 11.6. The lowest BCUT2D eigenvalue weighted by molar-refractivity contribution is -0.119. The van der Waals surface area contributed by atoms with Crippen LogP contribution in [-0.2, 0) is 21.0 Å². The molecule has 0 spiro atoms. The number of anilines is 1. The lowest BCUT2D eigenvalue weighted by Gasteiger charge is -2.36. The maximum Gasteiger partial charge on any atom is 0.240 e. The molecule has 10 heteroatoms. The van der Waals surface area contributed by atoms with Gasteiger partial charge in [0, 0.05) is 36.5 Å². The van der Waals surface area contributed by atoms with Crippen molar-refractivity contribution in [3.8, 4) is 0 Å². The molecular formula is C25H31FN6O2S. The van der Waals surface area contributed by atoms with Gasteiger partial charge in [-0.15, -0.1) is 0 Å². The lowest BCUT2D eigenvalue weighted by Crippen LogP contribution is -2.48. The third kappa shape index (κ3) is 5.61. The molecule has 0 saturated carbocycles. The molecule has 1 fully saturated rings. The second-order valence-corrected chi connectivity index (χ2v) is 11.3. The van der Waals surface area contributed by atoms with Gasteiger partial charge in [0.1, 0.15) is 23.5 Å². The van der Waals surface area contributed by atoms with Gasteiger partial charge in [0.25, 0.3) is 0 Å². The zero-order valence-corrected chi connectivity index (χ0v) is 20.8. The summed E-state index contributed by atoms with van der Waals surface area (Å²) in [6.45, 7) is 6.78. The van der Waals surface area contributed by atoms with Crippen molar-refractivity contribution in [2.75, 3.05) is 31.5 Å². The van der Waals surface area contributed by atoms with Crippen LogP contribution >= 0.6 is 0 Å². The molecule has 1 aliphatic rings. The van der Waals surface area contributed by atoms with Crippen LogP contribution in [0, 0.1) is 11.7 Å². The molecule has 1 aromatic heterocycles. The summed E-state index contributed by atoms with van der Waals surface area (Å²) in [5.41, 5.74) is 6.39. The van der Waals surface area contributed by atoms with Gasteiger partial charge in [0.2, 0.25) is 5.91 Å². The first-order chi connectivity index (χ1) is 16.6. The van der Waals surface area contributed by atoms with Crippen LogP contribution in [0.2, 0.25) is 0 Å². The standard InChI is InChI=1S/C25H31FN6O2S/c1-17(2)23(24(27)33)30-25-20-6-4-5-7-21(20)28-22(29-25)16-31-12-14-32(15-13-31)35(3,34)19-10-8-18(26)9-11-19/h4-11,17,23H,3,12-16H2,1-2H3,(H2,27,33)(H,28,29,30)/t23-,35?/m0/s1. The minimum atomic E-state index is -2.69. The molecule has 1 aliphatic heterocycles. The molecule has 1 saturated heterocycles. The number of nitrogens with two attached hydrogens (primary N) is 1. The van der Waals surface area contributed by atoms with Gasteiger partial charge in [-0.25, -0.2) is 22.9 Å². The molecule has 0 bridgehead atoms. The van der Waals surface area contributed by atoms with Crippen molar-refractivity contribution < 1.29 is 13.4 Å². The van der Waals surface area contributed by atoms with Gasteiger partial charge >= 0.3 is 0 Å². The molecule has 1 unspecified atom stereocenters. The number of fused-ring (bicyclic) bond motifs is 1. The van der Waals surface area contributed by atoms with Gasteiger partial charge in [-0.3, -0.25) is 9.69 Å². The van der Waals surface area contributed by atoms with Crippen molar-refractivity contribution in [2.45, 2.75) is 31.3 Å². The number of hydrogen-bond donors (Lipinski definition) is 2. The van der Waals surface area contributed by atoms with Crippen LogP contribution in [0.15, 0.2) is 53.4 Å². The fourth-order valence-corrected chi connectivity index (χ4v) is 5.81. The van der Waals surface area contributed by atoms with E-state index in [9.17, 15) is 13.4 Å². The summed E-state index contributed by atoms with van der Waals surface area (Å²) in [6, 6.07) is 12.8. The average Bonchev–Trinajstić information content (AvgIpc) is 2.82. The maximum atomic E-state index is 13.3. The number of piperazine rings is 1. The summed E-state index contributed by atoms with van der Waals surface area (Å²) in [5, 5.41) is 4.05. The van der Waals surface area contributed by atoms with Crippen LogP contribution < -0.4 is 11.1 Å². The number of carbonyl (C=O) groups is 1. The highest BCUT2D eigenvalue weighted by molar-refractivity contribution is 7.98. The largest absolute Gasteiger partial charge is 0.368 e. The minimum absolute atomic E-state index is 0.00336. The number of benzene rings is 2. The molecule has 0 radical (unpaired) electrons. The topological polar surface area (TPSA) is 104 Å².